The normalized spacial score (nSPS) is 10.3. The number of alkyl halides is 1. The molecule has 1 aromatic carbocycles. The van der Waals surface area contributed by atoms with Crippen LogP contribution >= 0.6 is 22.9 Å². The number of hydrogen-bond acceptors (Lipinski definition) is 5. The summed E-state index contributed by atoms with van der Waals surface area (Å²) in [6, 6.07) is 7.42. The number of hydrogen-bond donors (Lipinski definition) is 0. The lowest BCUT2D eigenvalue weighted by Crippen LogP contribution is -1.94. The fourth-order valence-corrected chi connectivity index (χ4v) is 2.03. The molecule has 0 unspecified atom stereocenters. The van der Waals surface area contributed by atoms with Crippen LogP contribution in [0.2, 0.25) is 0 Å². The Morgan fingerprint density at radius 3 is 2.50 bits per heavy atom. The molecule has 0 aliphatic carbocycles. The highest BCUT2D eigenvalue weighted by atomic mass is 35.5. The van der Waals surface area contributed by atoms with E-state index in [2.05, 4.69) is 17.1 Å². The van der Waals surface area contributed by atoms with Crippen LogP contribution in [0.5, 0.6) is 16.7 Å². The van der Waals surface area contributed by atoms with E-state index >= 15 is 0 Å². The summed E-state index contributed by atoms with van der Waals surface area (Å²) in [5.41, 5.74) is 0. The van der Waals surface area contributed by atoms with Gasteiger partial charge in [-0.15, -0.1) is 16.7 Å². The molecule has 96 valence electrons. The van der Waals surface area contributed by atoms with Gasteiger partial charge in [-0.2, -0.15) is 0 Å². The van der Waals surface area contributed by atoms with Gasteiger partial charge < -0.3 is 9.47 Å². The standard InChI is InChI=1S/C12H13ClN2O2S/c1-2-7-16-9-3-5-10(6-4-9)17-12-15-14-11(8-13)18-12/h3-6H,2,7-8H2,1H3. The predicted molar refractivity (Wildman–Crippen MR) is 71.8 cm³/mol. The molecule has 0 fully saturated rings. The topological polar surface area (TPSA) is 44.2 Å². The van der Waals surface area contributed by atoms with Crippen LogP contribution < -0.4 is 9.47 Å². The molecule has 0 spiro atoms. The Hall–Kier alpha value is -1.33. The van der Waals surface area contributed by atoms with E-state index in [0.717, 1.165) is 23.8 Å². The zero-order chi connectivity index (χ0) is 12.8. The van der Waals surface area contributed by atoms with Gasteiger partial charge in [0.25, 0.3) is 5.19 Å². The molecule has 1 aromatic heterocycles. The van der Waals surface area contributed by atoms with Gasteiger partial charge in [0.2, 0.25) is 0 Å². The van der Waals surface area contributed by atoms with Crippen molar-refractivity contribution in [3.05, 3.63) is 29.3 Å². The minimum atomic E-state index is 0.352. The second kappa shape index (κ2) is 6.56. The number of halogens is 1. The molecule has 2 aromatic rings. The largest absolute Gasteiger partial charge is 0.494 e. The van der Waals surface area contributed by atoms with Crippen molar-refractivity contribution in [3.8, 4) is 16.7 Å². The summed E-state index contributed by atoms with van der Waals surface area (Å²) < 4.78 is 11.0. The van der Waals surface area contributed by atoms with Crippen molar-refractivity contribution in [2.75, 3.05) is 6.61 Å². The van der Waals surface area contributed by atoms with Gasteiger partial charge in [-0.25, -0.2) is 0 Å². The zero-order valence-corrected chi connectivity index (χ0v) is 11.5. The van der Waals surface area contributed by atoms with Crippen LogP contribution in [0, 0.1) is 0 Å². The van der Waals surface area contributed by atoms with Crippen molar-refractivity contribution in [2.24, 2.45) is 0 Å². The van der Waals surface area contributed by atoms with Crippen LogP contribution in [-0.2, 0) is 5.88 Å². The summed E-state index contributed by atoms with van der Waals surface area (Å²) in [6.45, 7) is 2.79. The summed E-state index contributed by atoms with van der Waals surface area (Å²) in [4.78, 5) is 0. The van der Waals surface area contributed by atoms with Gasteiger partial charge in [0.1, 0.15) is 16.5 Å². The van der Waals surface area contributed by atoms with Crippen molar-refractivity contribution >= 4 is 22.9 Å². The van der Waals surface area contributed by atoms with Crippen molar-refractivity contribution in [1.29, 1.82) is 0 Å². The summed E-state index contributed by atoms with van der Waals surface area (Å²) in [7, 11) is 0. The molecule has 0 amide bonds. The minimum Gasteiger partial charge on any atom is -0.494 e. The van der Waals surface area contributed by atoms with E-state index in [0.29, 0.717) is 16.8 Å². The Bertz CT molecular complexity index is 487. The van der Waals surface area contributed by atoms with E-state index in [1.54, 1.807) is 0 Å². The van der Waals surface area contributed by atoms with Gasteiger partial charge in [0, 0.05) is 0 Å². The predicted octanol–water partition coefficient (Wildman–Crippen LogP) is 3.86. The van der Waals surface area contributed by atoms with Crippen LogP contribution in [0.25, 0.3) is 0 Å². The highest BCUT2D eigenvalue weighted by molar-refractivity contribution is 7.13. The summed E-state index contributed by atoms with van der Waals surface area (Å²) >= 11 is 6.99. The molecule has 1 heterocycles. The second-order valence-electron chi connectivity index (χ2n) is 3.52. The number of benzene rings is 1. The average molecular weight is 285 g/mol. The van der Waals surface area contributed by atoms with E-state index in [1.807, 2.05) is 24.3 Å². The lowest BCUT2D eigenvalue weighted by Gasteiger charge is -2.05. The fraction of sp³-hybridized carbons (Fsp3) is 0.333. The maximum Gasteiger partial charge on any atom is 0.299 e. The number of aromatic nitrogens is 2. The van der Waals surface area contributed by atoms with Crippen LogP contribution in [-0.4, -0.2) is 16.8 Å². The highest BCUT2D eigenvalue weighted by Gasteiger charge is 2.05. The minimum absolute atomic E-state index is 0.352. The van der Waals surface area contributed by atoms with Crippen LogP contribution in [0.1, 0.15) is 18.4 Å². The molecule has 0 aliphatic heterocycles. The van der Waals surface area contributed by atoms with Crippen LogP contribution in [0.4, 0.5) is 0 Å². The van der Waals surface area contributed by atoms with E-state index in [1.165, 1.54) is 11.3 Å². The summed E-state index contributed by atoms with van der Waals surface area (Å²) in [6.07, 6.45) is 0.990. The van der Waals surface area contributed by atoms with Gasteiger partial charge >= 0.3 is 0 Å². The van der Waals surface area contributed by atoms with Gasteiger partial charge in [-0.1, -0.05) is 23.4 Å². The molecular formula is C12H13ClN2O2S. The lowest BCUT2D eigenvalue weighted by molar-refractivity contribution is 0.317. The maximum atomic E-state index is 5.65. The Morgan fingerprint density at radius 1 is 1.17 bits per heavy atom. The fourth-order valence-electron chi connectivity index (χ4n) is 1.26. The number of nitrogens with zero attached hydrogens (tertiary/aromatic N) is 2. The Morgan fingerprint density at radius 2 is 1.89 bits per heavy atom. The smallest absolute Gasteiger partial charge is 0.299 e. The first kappa shape index (κ1) is 13.1. The molecule has 0 saturated carbocycles. The van der Waals surface area contributed by atoms with Crippen molar-refractivity contribution in [2.45, 2.75) is 19.2 Å². The number of ether oxygens (including phenoxy) is 2. The Labute approximate surface area is 115 Å². The lowest BCUT2D eigenvalue weighted by atomic mass is 10.3. The van der Waals surface area contributed by atoms with Gasteiger partial charge in [0.05, 0.1) is 12.5 Å². The zero-order valence-electron chi connectivity index (χ0n) is 9.93. The SMILES string of the molecule is CCCOc1ccc(Oc2nnc(CCl)s2)cc1. The molecular weight excluding hydrogens is 272 g/mol. The highest BCUT2D eigenvalue weighted by Crippen LogP contribution is 2.27. The third kappa shape index (κ3) is 3.58. The van der Waals surface area contributed by atoms with E-state index < -0.39 is 0 Å². The second-order valence-corrected chi connectivity index (χ2v) is 4.81. The van der Waals surface area contributed by atoms with Crippen molar-refractivity contribution < 1.29 is 9.47 Å². The van der Waals surface area contributed by atoms with E-state index in [4.69, 9.17) is 21.1 Å². The summed E-state index contributed by atoms with van der Waals surface area (Å²) in [5.74, 6) is 1.89. The Balaban J connectivity index is 1.97. The molecule has 6 heteroatoms. The van der Waals surface area contributed by atoms with Gasteiger partial charge in [-0.3, -0.25) is 0 Å². The number of rotatable bonds is 6. The first-order valence-electron chi connectivity index (χ1n) is 5.61. The molecule has 18 heavy (non-hydrogen) atoms. The quantitative estimate of drug-likeness (QED) is 0.756. The molecule has 0 radical (unpaired) electrons. The molecule has 0 saturated heterocycles. The third-order valence-corrected chi connectivity index (χ3v) is 3.28. The third-order valence-electron chi connectivity index (χ3n) is 2.06. The molecule has 0 N–H and O–H groups in total. The van der Waals surface area contributed by atoms with E-state index in [9.17, 15) is 0 Å². The Kier molecular flexibility index (Phi) is 4.78. The summed E-state index contributed by atoms with van der Waals surface area (Å²) in [5, 5.41) is 9.00. The van der Waals surface area contributed by atoms with E-state index in [-0.39, 0.29) is 0 Å². The molecule has 0 atom stereocenters. The molecule has 4 nitrogen and oxygen atoms in total. The van der Waals surface area contributed by atoms with Gasteiger partial charge in [-0.05, 0) is 30.7 Å². The van der Waals surface area contributed by atoms with Crippen LogP contribution in [0.3, 0.4) is 0 Å². The van der Waals surface area contributed by atoms with Crippen LogP contribution in [0.15, 0.2) is 24.3 Å². The monoisotopic (exact) mass is 284 g/mol. The van der Waals surface area contributed by atoms with Crippen molar-refractivity contribution in [3.63, 3.8) is 0 Å². The van der Waals surface area contributed by atoms with Crippen molar-refractivity contribution in [1.82, 2.24) is 10.2 Å². The molecule has 0 aliphatic rings. The first-order chi connectivity index (χ1) is 8.81. The van der Waals surface area contributed by atoms with Gasteiger partial charge in [0.15, 0.2) is 0 Å². The average Bonchev–Trinajstić information content (AvgIpc) is 2.86. The molecule has 2 rings (SSSR count). The first-order valence-corrected chi connectivity index (χ1v) is 6.96. The molecule has 0 bridgehead atoms. The maximum absolute atomic E-state index is 5.65.